The zero-order valence-corrected chi connectivity index (χ0v) is 30.5. The van der Waals surface area contributed by atoms with Crippen LogP contribution in [0, 0.1) is 0 Å². The number of allylic oxidation sites excluding steroid dienone is 6. The molecule has 0 radical (unpaired) electrons. The molecule has 0 aromatic heterocycles. The van der Waals surface area contributed by atoms with E-state index in [1.54, 1.807) is 24.3 Å². The molecule has 0 N–H and O–H groups in total. The minimum Gasteiger partial charge on any atom is -0.494 e. The highest BCUT2D eigenvalue weighted by molar-refractivity contribution is 5.99. The molecule has 0 bridgehead atoms. The Morgan fingerprint density at radius 2 is 0.750 bits per heavy atom. The summed E-state index contributed by atoms with van der Waals surface area (Å²) >= 11 is 0. The zero-order chi connectivity index (χ0) is 34.2. The van der Waals surface area contributed by atoms with Gasteiger partial charge in [-0.05, 0) is 60.4 Å². The van der Waals surface area contributed by atoms with Gasteiger partial charge in [-0.2, -0.15) is 0 Å². The van der Waals surface area contributed by atoms with Crippen LogP contribution >= 0.6 is 0 Å². The molecule has 2 aromatic rings. The summed E-state index contributed by atoms with van der Waals surface area (Å²) in [6.45, 7) is 6.10. The number of unbranched alkanes of at least 4 members (excludes halogenated alkanes) is 18. The van der Waals surface area contributed by atoms with Gasteiger partial charge in [-0.3, -0.25) is 4.79 Å². The van der Waals surface area contributed by atoms with Gasteiger partial charge in [-0.15, -0.1) is 0 Å². The van der Waals surface area contributed by atoms with E-state index >= 15 is 0 Å². The monoisotopic (exact) mass is 655 g/mol. The third-order valence-electron chi connectivity index (χ3n) is 8.61. The van der Waals surface area contributed by atoms with Crippen molar-refractivity contribution in [2.75, 3.05) is 13.2 Å². The first-order valence-electron chi connectivity index (χ1n) is 19.4. The molecule has 2 aromatic carbocycles. The van der Waals surface area contributed by atoms with Crippen LogP contribution < -0.4 is 9.47 Å². The van der Waals surface area contributed by atoms with Crippen LogP contribution in [-0.4, -0.2) is 19.0 Å². The first-order chi connectivity index (χ1) is 23.7. The molecule has 3 nitrogen and oxygen atoms in total. The quantitative estimate of drug-likeness (QED) is 0.0478. The highest BCUT2D eigenvalue weighted by Crippen LogP contribution is 2.17. The van der Waals surface area contributed by atoms with Crippen molar-refractivity contribution in [1.29, 1.82) is 0 Å². The van der Waals surface area contributed by atoms with Crippen molar-refractivity contribution in [3.8, 4) is 11.5 Å². The van der Waals surface area contributed by atoms with Crippen molar-refractivity contribution >= 4 is 17.9 Å². The third-order valence-corrected chi connectivity index (χ3v) is 8.61. The summed E-state index contributed by atoms with van der Waals surface area (Å²) in [5.41, 5.74) is 2.15. The van der Waals surface area contributed by atoms with Crippen molar-refractivity contribution in [1.82, 2.24) is 0 Å². The lowest BCUT2D eigenvalue weighted by atomic mass is 10.1. The van der Waals surface area contributed by atoms with E-state index in [1.807, 2.05) is 72.8 Å². The smallest absolute Gasteiger partial charge is 0.178 e. The van der Waals surface area contributed by atoms with Crippen LogP contribution in [0.5, 0.6) is 11.5 Å². The Balaban J connectivity index is 1.52. The molecule has 0 unspecified atom stereocenters. The van der Waals surface area contributed by atoms with E-state index in [0.717, 1.165) is 48.7 Å². The van der Waals surface area contributed by atoms with Gasteiger partial charge < -0.3 is 9.47 Å². The molecule has 48 heavy (non-hydrogen) atoms. The van der Waals surface area contributed by atoms with E-state index in [4.69, 9.17) is 9.47 Å². The van der Waals surface area contributed by atoms with Gasteiger partial charge in [0.2, 0.25) is 0 Å². The lowest BCUT2D eigenvalue weighted by Gasteiger charge is -2.06. The molecule has 0 aliphatic heterocycles. The Morgan fingerprint density at radius 1 is 0.438 bits per heavy atom. The summed E-state index contributed by atoms with van der Waals surface area (Å²) in [5, 5.41) is 0. The minimum atomic E-state index is -0.0456. The first-order valence-corrected chi connectivity index (χ1v) is 19.4. The Kier molecular flexibility index (Phi) is 25.3. The molecule has 264 valence electrons. The van der Waals surface area contributed by atoms with Crippen LogP contribution in [0.15, 0.2) is 85.0 Å². The molecule has 0 aliphatic carbocycles. The number of ketones is 1. The molecular formula is C45H66O3. The maximum atomic E-state index is 12.2. The topological polar surface area (TPSA) is 35.5 Å². The van der Waals surface area contributed by atoms with Crippen LogP contribution in [0.4, 0.5) is 0 Å². The summed E-state index contributed by atoms with van der Waals surface area (Å²) in [5.74, 6) is 1.78. The molecule has 0 saturated carbocycles. The summed E-state index contributed by atoms with van der Waals surface area (Å²) in [6.07, 6.45) is 41.1. The van der Waals surface area contributed by atoms with Crippen LogP contribution in [0.3, 0.4) is 0 Å². The molecule has 3 heteroatoms. The number of hydrogen-bond acceptors (Lipinski definition) is 3. The summed E-state index contributed by atoms with van der Waals surface area (Å²) in [7, 11) is 0. The number of carbonyl (C=O) groups is 1. The molecular weight excluding hydrogens is 588 g/mol. The molecule has 0 saturated heterocycles. The van der Waals surface area contributed by atoms with Gasteiger partial charge in [0.25, 0.3) is 0 Å². The lowest BCUT2D eigenvalue weighted by Crippen LogP contribution is -1.97. The molecule has 2 rings (SSSR count). The van der Waals surface area contributed by atoms with Gasteiger partial charge in [0.15, 0.2) is 5.78 Å². The van der Waals surface area contributed by atoms with Crippen molar-refractivity contribution in [2.24, 2.45) is 0 Å². The Hall–Kier alpha value is -3.33. The highest BCUT2D eigenvalue weighted by atomic mass is 16.5. The van der Waals surface area contributed by atoms with Crippen molar-refractivity contribution in [3.05, 3.63) is 96.1 Å². The van der Waals surface area contributed by atoms with E-state index in [1.165, 1.54) is 116 Å². The maximum absolute atomic E-state index is 12.2. The summed E-state index contributed by atoms with van der Waals surface area (Å²) in [6, 6.07) is 16.2. The lowest BCUT2D eigenvalue weighted by molar-refractivity contribution is -0.110. The number of benzene rings is 2. The molecule has 0 heterocycles. The number of carbonyl (C=O) groups excluding carboxylic acids is 1. The Bertz CT molecular complexity index is 1060. The fourth-order valence-electron chi connectivity index (χ4n) is 5.60. The average Bonchev–Trinajstić information content (AvgIpc) is 3.11. The molecule has 0 amide bonds. The van der Waals surface area contributed by atoms with Crippen LogP contribution in [0.1, 0.15) is 153 Å². The predicted molar refractivity (Wildman–Crippen MR) is 209 cm³/mol. The Morgan fingerprint density at radius 3 is 1.08 bits per heavy atom. The normalized spacial score (nSPS) is 11.9. The highest BCUT2D eigenvalue weighted by Gasteiger charge is 1.98. The van der Waals surface area contributed by atoms with E-state index in [-0.39, 0.29) is 5.78 Å². The summed E-state index contributed by atoms with van der Waals surface area (Å²) < 4.78 is 11.8. The molecule has 0 atom stereocenters. The third kappa shape index (κ3) is 23.1. The van der Waals surface area contributed by atoms with E-state index in [9.17, 15) is 4.79 Å². The minimum absolute atomic E-state index is 0.0456. The van der Waals surface area contributed by atoms with Gasteiger partial charge in [-0.1, -0.05) is 190 Å². The first kappa shape index (κ1) is 40.8. The molecule has 0 spiro atoms. The number of rotatable bonds is 30. The van der Waals surface area contributed by atoms with Gasteiger partial charge >= 0.3 is 0 Å². The van der Waals surface area contributed by atoms with E-state index in [2.05, 4.69) is 13.8 Å². The standard InChI is InChI=1S/C45H66O3/c1-3-5-7-9-11-13-15-17-19-25-39-47-44-35-31-41(32-36-44)27-21-23-29-43(46)30-24-22-28-42-33-37-45(38-34-42)48-40-26-20-18-16-14-12-10-8-6-4-2/h21-24,27-38H,3-20,25-26,39-40H2,1-2H3/b27-21+,28-22+,29-23+,30-24+. The van der Waals surface area contributed by atoms with Gasteiger partial charge in [0.05, 0.1) is 13.2 Å². The SMILES string of the molecule is CCCCCCCCCCCCOc1ccc(/C=C/C=C/C(=O)/C=C/C=C/c2ccc(OCCCCCCCCCCCC)cc2)cc1. The van der Waals surface area contributed by atoms with E-state index < -0.39 is 0 Å². The second kappa shape index (κ2) is 29.8. The predicted octanol–water partition coefficient (Wildman–Crippen LogP) is 13.7. The van der Waals surface area contributed by atoms with Crippen molar-refractivity contribution in [2.45, 2.75) is 142 Å². The number of ether oxygens (including phenoxy) is 2. The fraction of sp³-hybridized carbons (Fsp3) is 0.533. The van der Waals surface area contributed by atoms with Gasteiger partial charge in [0.1, 0.15) is 11.5 Å². The average molecular weight is 655 g/mol. The summed E-state index contributed by atoms with van der Waals surface area (Å²) in [4.78, 5) is 12.2. The van der Waals surface area contributed by atoms with Gasteiger partial charge in [-0.25, -0.2) is 0 Å². The van der Waals surface area contributed by atoms with Crippen molar-refractivity contribution in [3.63, 3.8) is 0 Å². The van der Waals surface area contributed by atoms with Gasteiger partial charge in [0, 0.05) is 0 Å². The van der Waals surface area contributed by atoms with Crippen LogP contribution in [0.25, 0.3) is 12.2 Å². The van der Waals surface area contributed by atoms with Crippen LogP contribution in [-0.2, 0) is 4.79 Å². The zero-order valence-electron chi connectivity index (χ0n) is 30.5. The van der Waals surface area contributed by atoms with Crippen LogP contribution in [0.2, 0.25) is 0 Å². The number of hydrogen-bond donors (Lipinski definition) is 0. The van der Waals surface area contributed by atoms with E-state index in [0.29, 0.717) is 0 Å². The largest absolute Gasteiger partial charge is 0.494 e. The molecule has 0 fully saturated rings. The Labute approximate surface area is 294 Å². The maximum Gasteiger partial charge on any atom is 0.178 e. The molecule has 0 aliphatic rings. The second-order valence-electron chi connectivity index (χ2n) is 13.0. The fourth-order valence-corrected chi connectivity index (χ4v) is 5.60. The van der Waals surface area contributed by atoms with Crippen molar-refractivity contribution < 1.29 is 14.3 Å². The second-order valence-corrected chi connectivity index (χ2v) is 13.0.